The minimum absolute atomic E-state index is 0.0993. The quantitative estimate of drug-likeness (QED) is 0.348. The molecule has 0 fully saturated rings. The second-order valence-corrected chi connectivity index (χ2v) is 6.05. The number of rotatable bonds is 8. The van der Waals surface area contributed by atoms with Gasteiger partial charge in [-0.1, -0.05) is 12.1 Å². The smallest absolute Gasteiger partial charge is 0.311 e. The number of methoxy groups -OCH3 is 1. The van der Waals surface area contributed by atoms with Crippen molar-refractivity contribution in [2.24, 2.45) is 5.10 Å². The van der Waals surface area contributed by atoms with Gasteiger partial charge in [0.25, 0.3) is 5.91 Å². The maximum Gasteiger partial charge on any atom is 0.311 e. The molecule has 152 valence electrons. The first kappa shape index (κ1) is 21.4. The molecular weight excluding hydrogens is 380 g/mol. The number of nitrogens with zero attached hydrogens (tertiary/aromatic N) is 2. The zero-order valence-corrected chi connectivity index (χ0v) is 15.8. The van der Waals surface area contributed by atoms with Crippen LogP contribution in [0.5, 0.6) is 11.5 Å². The Morgan fingerprint density at radius 1 is 1.28 bits per heavy atom. The first-order valence-corrected chi connectivity index (χ1v) is 8.52. The molecule has 0 saturated carbocycles. The second kappa shape index (κ2) is 9.83. The van der Waals surface area contributed by atoms with Crippen molar-refractivity contribution >= 4 is 23.7 Å². The number of carbonyl (C=O) groups excluding carboxylic acids is 2. The molecule has 0 aromatic heterocycles. The second-order valence-electron chi connectivity index (χ2n) is 6.05. The number of ether oxygens (including phenoxy) is 1. The number of hydrazone groups is 1. The summed E-state index contributed by atoms with van der Waals surface area (Å²) in [6, 6.07) is 9.82. The van der Waals surface area contributed by atoms with Crippen LogP contribution >= 0.6 is 0 Å². The van der Waals surface area contributed by atoms with Gasteiger partial charge in [0.1, 0.15) is 11.8 Å². The van der Waals surface area contributed by atoms with Gasteiger partial charge in [-0.25, -0.2) is 5.43 Å². The van der Waals surface area contributed by atoms with Gasteiger partial charge in [0.2, 0.25) is 5.91 Å². The maximum atomic E-state index is 12.1. The van der Waals surface area contributed by atoms with Crippen molar-refractivity contribution < 1.29 is 24.4 Å². The minimum Gasteiger partial charge on any atom is -0.502 e. The molecule has 10 heteroatoms. The van der Waals surface area contributed by atoms with Crippen molar-refractivity contribution in [2.45, 2.75) is 19.4 Å². The molecule has 2 aromatic carbocycles. The zero-order chi connectivity index (χ0) is 21.4. The number of nitrogens with one attached hydrogen (secondary N) is 2. The Labute approximate surface area is 166 Å². The van der Waals surface area contributed by atoms with Crippen LogP contribution in [0.15, 0.2) is 47.6 Å². The van der Waals surface area contributed by atoms with E-state index in [4.69, 9.17) is 4.74 Å². The van der Waals surface area contributed by atoms with Crippen LogP contribution in [0.4, 0.5) is 5.69 Å². The Hall–Kier alpha value is -3.95. The van der Waals surface area contributed by atoms with Gasteiger partial charge in [-0.3, -0.25) is 19.7 Å². The number of carbonyl (C=O) groups is 2. The molecule has 2 amide bonds. The van der Waals surface area contributed by atoms with Crippen LogP contribution < -0.4 is 15.5 Å². The number of nitro groups is 1. The first-order chi connectivity index (χ1) is 13.8. The van der Waals surface area contributed by atoms with E-state index in [1.807, 2.05) is 0 Å². The van der Waals surface area contributed by atoms with E-state index in [0.717, 1.165) is 17.7 Å². The topological polar surface area (TPSA) is 143 Å². The van der Waals surface area contributed by atoms with E-state index in [0.29, 0.717) is 11.3 Å². The Morgan fingerprint density at radius 3 is 2.59 bits per heavy atom. The highest BCUT2D eigenvalue weighted by molar-refractivity contribution is 5.89. The molecule has 0 aliphatic rings. The molecule has 0 radical (unpaired) electrons. The predicted molar refractivity (Wildman–Crippen MR) is 105 cm³/mol. The van der Waals surface area contributed by atoms with Gasteiger partial charge in [-0.15, -0.1) is 0 Å². The molecule has 0 aliphatic heterocycles. The summed E-state index contributed by atoms with van der Waals surface area (Å²) in [5, 5.41) is 26.5. The highest BCUT2D eigenvalue weighted by Crippen LogP contribution is 2.25. The lowest BCUT2D eigenvalue weighted by molar-refractivity contribution is -0.385. The van der Waals surface area contributed by atoms with E-state index in [1.54, 1.807) is 31.4 Å². The number of benzene rings is 2. The number of amides is 2. The maximum absolute atomic E-state index is 12.1. The van der Waals surface area contributed by atoms with Crippen LogP contribution in [0.3, 0.4) is 0 Å². The fourth-order valence-electron chi connectivity index (χ4n) is 2.32. The summed E-state index contributed by atoms with van der Waals surface area (Å²) < 4.78 is 5.05. The van der Waals surface area contributed by atoms with Gasteiger partial charge < -0.3 is 15.2 Å². The van der Waals surface area contributed by atoms with Gasteiger partial charge in [0.15, 0.2) is 5.75 Å². The Morgan fingerprint density at radius 2 is 1.97 bits per heavy atom. The first-order valence-electron chi connectivity index (χ1n) is 8.52. The summed E-state index contributed by atoms with van der Waals surface area (Å²) in [6.07, 6.45) is 1.29. The fraction of sp³-hybridized carbons (Fsp3) is 0.211. The third kappa shape index (κ3) is 6.31. The molecule has 0 aliphatic carbocycles. The van der Waals surface area contributed by atoms with Crippen LogP contribution in [0.25, 0.3) is 0 Å². The van der Waals surface area contributed by atoms with Gasteiger partial charge in [-0.05, 0) is 36.8 Å². The number of phenolic OH excluding ortho intramolecular Hbond substituents is 1. The van der Waals surface area contributed by atoms with Crippen molar-refractivity contribution in [2.75, 3.05) is 7.11 Å². The Bertz CT molecular complexity index is 927. The number of phenols is 1. The number of hydrogen-bond donors (Lipinski definition) is 3. The standard InChI is InChI=1S/C19H20N4O6/c1-12(21-18(25)10-13-3-6-15(29-2)7-4-13)19(26)22-20-11-14-5-8-17(24)16(9-14)23(27)28/h3-9,11-12,24H,10H2,1-2H3,(H,21,25)(H,22,26). The molecule has 0 bridgehead atoms. The molecular formula is C19H20N4O6. The van der Waals surface area contributed by atoms with Crippen molar-refractivity contribution in [1.82, 2.24) is 10.7 Å². The van der Waals surface area contributed by atoms with Crippen molar-refractivity contribution in [3.8, 4) is 11.5 Å². The Balaban J connectivity index is 1.86. The van der Waals surface area contributed by atoms with E-state index < -0.39 is 28.3 Å². The van der Waals surface area contributed by atoms with Gasteiger partial charge >= 0.3 is 5.69 Å². The van der Waals surface area contributed by atoms with Gasteiger partial charge in [0, 0.05) is 11.6 Å². The third-order valence-corrected chi connectivity index (χ3v) is 3.88. The summed E-state index contributed by atoms with van der Waals surface area (Å²) in [6.45, 7) is 1.50. The van der Waals surface area contributed by atoms with Crippen molar-refractivity contribution in [3.05, 3.63) is 63.7 Å². The van der Waals surface area contributed by atoms with E-state index in [-0.39, 0.29) is 12.3 Å². The lowest BCUT2D eigenvalue weighted by Gasteiger charge is -2.12. The number of aromatic hydroxyl groups is 1. The lowest BCUT2D eigenvalue weighted by Crippen LogP contribution is -2.43. The van der Waals surface area contributed by atoms with E-state index in [2.05, 4.69) is 15.8 Å². The fourth-order valence-corrected chi connectivity index (χ4v) is 2.32. The zero-order valence-electron chi connectivity index (χ0n) is 15.8. The summed E-state index contributed by atoms with van der Waals surface area (Å²) in [4.78, 5) is 34.2. The molecule has 29 heavy (non-hydrogen) atoms. The minimum atomic E-state index is -0.841. The predicted octanol–water partition coefficient (Wildman–Crippen LogP) is 1.51. The van der Waals surface area contributed by atoms with Crippen LogP contribution in [-0.2, 0) is 16.0 Å². The summed E-state index contributed by atoms with van der Waals surface area (Å²) in [5.74, 6) is -0.684. The molecule has 3 N–H and O–H groups in total. The highest BCUT2D eigenvalue weighted by atomic mass is 16.6. The summed E-state index contributed by atoms with van der Waals surface area (Å²) in [5.41, 5.74) is 2.85. The van der Waals surface area contributed by atoms with Gasteiger partial charge in [0.05, 0.1) is 24.7 Å². The Kier molecular flexibility index (Phi) is 7.24. The molecule has 2 rings (SSSR count). The average molecular weight is 400 g/mol. The van der Waals surface area contributed by atoms with Gasteiger partial charge in [-0.2, -0.15) is 5.10 Å². The van der Waals surface area contributed by atoms with Crippen LogP contribution in [0.2, 0.25) is 0 Å². The van der Waals surface area contributed by atoms with E-state index >= 15 is 0 Å². The molecule has 1 atom stereocenters. The van der Waals surface area contributed by atoms with Crippen molar-refractivity contribution in [3.63, 3.8) is 0 Å². The largest absolute Gasteiger partial charge is 0.502 e. The molecule has 10 nitrogen and oxygen atoms in total. The summed E-state index contributed by atoms with van der Waals surface area (Å²) >= 11 is 0. The highest BCUT2D eigenvalue weighted by Gasteiger charge is 2.16. The van der Waals surface area contributed by atoms with Crippen molar-refractivity contribution in [1.29, 1.82) is 0 Å². The molecule has 0 heterocycles. The number of hydrogen-bond acceptors (Lipinski definition) is 7. The molecule has 2 aromatic rings. The molecule has 0 spiro atoms. The average Bonchev–Trinajstić information content (AvgIpc) is 2.69. The lowest BCUT2D eigenvalue weighted by atomic mass is 10.1. The summed E-state index contributed by atoms with van der Waals surface area (Å²) in [7, 11) is 1.55. The molecule has 0 saturated heterocycles. The number of nitro benzene ring substituents is 1. The monoisotopic (exact) mass is 400 g/mol. The van der Waals surface area contributed by atoms with Crippen LogP contribution in [0.1, 0.15) is 18.1 Å². The normalized spacial score (nSPS) is 11.7. The third-order valence-electron chi connectivity index (χ3n) is 3.88. The molecule has 1 unspecified atom stereocenters. The van der Waals surface area contributed by atoms with Crippen LogP contribution in [-0.4, -0.2) is 41.2 Å². The van der Waals surface area contributed by atoms with Crippen LogP contribution in [0, 0.1) is 10.1 Å². The SMILES string of the molecule is COc1ccc(CC(=O)NC(C)C(=O)NN=Cc2ccc(O)c([N+](=O)[O-])c2)cc1. The van der Waals surface area contributed by atoms with E-state index in [9.17, 15) is 24.8 Å². The van der Waals surface area contributed by atoms with E-state index in [1.165, 1.54) is 19.2 Å².